The molecule has 5 nitrogen and oxygen atoms in total. The fourth-order valence-electron chi connectivity index (χ4n) is 4.03. The summed E-state index contributed by atoms with van der Waals surface area (Å²) >= 11 is 1.40. The molecule has 0 spiro atoms. The molecule has 0 bridgehead atoms. The smallest absolute Gasteiger partial charge is 0.278 e. The van der Waals surface area contributed by atoms with Gasteiger partial charge >= 0.3 is 0 Å². The highest BCUT2D eigenvalue weighted by atomic mass is 32.1. The van der Waals surface area contributed by atoms with Crippen LogP contribution in [0.2, 0.25) is 0 Å². The number of hydrogen-bond donors (Lipinski definition) is 1. The number of fused-ring (bicyclic) bond motifs is 1. The summed E-state index contributed by atoms with van der Waals surface area (Å²) in [5, 5.41) is 3.43. The largest absolute Gasteiger partial charge is 0.464 e. The van der Waals surface area contributed by atoms with Gasteiger partial charge in [0.15, 0.2) is 6.61 Å². The molecule has 162 valence electrons. The quantitative estimate of drug-likeness (QED) is 0.633. The molecule has 1 N–H and O–H groups in total. The molecular formula is C21H31F2N3O2S. The predicted molar refractivity (Wildman–Crippen MR) is 111 cm³/mol. The summed E-state index contributed by atoms with van der Waals surface area (Å²) in [5.41, 5.74) is 0.978. The monoisotopic (exact) mass is 427 g/mol. The van der Waals surface area contributed by atoms with Gasteiger partial charge in [0.2, 0.25) is 5.91 Å². The molecule has 1 amide bonds. The maximum Gasteiger partial charge on any atom is 0.278 e. The molecule has 1 fully saturated rings. The van der Waals surface area contributed by atoms with Gasteiger partial charge in [0.1, 0.15) is 0 Å². The van der Waals surface area contributed by atoms with Crippen molar-refractivity contribution in [1.82, 2.24) is 15.2 Å². The molecule has 8 heteroatoms. The van der Waals surface area contributed by atoms with Crippen molar-refractivity contribution in [2.24, 2.45) is 5.92 Å². The third-order valence-corrected chi connectivity index (χ3v) is 6.67. The Kier molecular flexibility index (Phi) is 7.62. The van der Waals surface area contributed by atoms with Crippen LogP contribution in [0, 0.1) is 5.92 Å². The predicted octanol–water partition coefficient (Wildman–Crippen LogP) is 4.18. The standard InChI is InChI=1S/C21H31F2N3O2S/c1-3-4-19(27)24-16-7-5-15(6-8-16)9-11-26-12-10-18-17(13-26)25-20(29-18)28-14-21(2,22)23/h3-4,15-16H,5-14H2,1-2H3,(H,24,27)/b4-3+/t15-,16-. The fourth-order valence-corrected chi connectivity index (χ4v) is 4.94. The zero-order valence-electron chi connectivity index (χ0n) is 17.3. The Bertz CT molecular complexity index is 709. The molecule has 2 aliphatic rings. The van der Waals surface area contributed by atoms with Crippen molar-refractivity contribution in [2.75, 3.05) is 19.7 Å². The van der Waals surface area contributed by atoms with Gasteiger partial charge in [-0.05, 0) is 64.0 Å². The van der Waals surface area contributed by atoms with Crippen LogP contribution in [-0.2, 0) is 17.8 Å². The number of amides is 1. The summed E-state index contributed by atoms with van der Waals surface area (Å²) in [7, 11) is 0. The van der Waals surface area contributed by atoms with Crippen LogP contribution in [0.15, 0.2) is 12.2 Å². The van der Waals surface area contributed by atoms with E-state index in [4.69, 9.17) is 4.74 Å². The lowest BCUT2D eigenvalue weighted by atomic mass is 9.84. The highest BCUT2D eigenvalue weighted by molar-refractivity contribution is 7.13. The second kappa shape index (κ2) is 9.98. The number of aromatic nitrogens is 1. The van der Waals surface area contributed by atoms with E-state index in [2.05, 4.69) is 15.2 Å². The van der Waals surface area contributed by atoms with Crippen LogP contribution in [0.5, 0.6) is 5.19 Å². The maximum absolute atomic E-state index is 13.0. The number of hydrogen-bond acceptors (Lipinski definition) is 5. The SMILES string of the molecule is C/C=C/C(=O)N[C@H]1CC[C@H](CCN2CCc3sc(OCC(C)(F)F)nc3C2)CC1. The average molecular weight is 428 g/mol. The molecule has 1 aliphatic carbocycles. The third-order valence-electron chi connectivity index (χ3n) is 5.60. The number of halogens is 2. The summed E-state index contributed by atoms with van der Waals surface area (Å²) in [6, 6.07) is 0.302. The Hall–Kier alpha value is -1.54. The van der Waals surface area contributed by atoms with Crippen LogP contribution in [0.3, 0.4) is 0 Å². The van der Waals surface area contributed by atoms with E-state index in [-0.39, 0.29) is 5.91 Å². The fraction of sp³-hybridized carbons (Fsp3) is 0.714. The normalized spacial score (nSPS) is 23.2. The number of carbonyl (C=O) groups is 1. The van der Waals surface area contributed by atoms with E-state index in [9.17, 15) is 13.6 Å². The van der Waals surface area contributed by atoms with E-state index in [0.29, 0.717) is 17.2 Å². The summed E-state index contributed by atoms with van der Waals surface area (Å²) in [6.45, 7) is 4.86. The van der Waals surface area contributed by atoms with Crippen molar-refractivity contribution in [3.63, 3.8) is 0 Å². The number of nitrogens with zero attached hydrogens (tertiary/aromatic N) is 2. The number of ether oxygens (including phenoxy) is 1. The number of alkyl halides is 2. The maximum atomic E-state index is 13.0. The molecule has 1 aromatic rings. The van der Waals surface area contributed by atoms with Crippen LogP contribution < -0.4 is 10.1 Å². The van der Waals surface area contributed by atoms with Gasteiger partial charge in [-0.2, -0.15) is 0 Å². The van der Waals surface area contributed by atoms with Gasteiger partial charge < -0.3 is 10.1 Å². The first-order valence-electron chi connectivity index (χ1n) is 10.5. The van der Waals surface area contributed by atoms with Gasteiger partial charge in [-0.3, -0.25) is 9.69 Å². The molecule has 0 unspecified atom stereocenters. The van der Waals surface area contributed by atoms with Crippen LogP contribution in [-0.4, -0.2) is 47.5 Å². The average Bonchev–Trinajstić information content (AvgIpc) is 3.08. The number of rotatable bonds is 8. The lowest BCUT2D eigenvalue weighted by Gasteiger charge is -2.31. The minimum atomic E-state index is -2.84. The summed E-state index contributed by atoms with van der Waals surface area (Å²) in [6.07, 6.45) is 9.81. The first-order chi connectivity index (χ1) is 13.8. The van der Waals surface area contributed by atoms with Gasteiger partial charge in [-0.15, -0.1) is 0 Å². The summed E-state index contributed by atoms with van der Waals surface area (Å²) in [4.78, 5) is 19.7. The lowest BCUT2D eigenvalue weighted by molar-refractivity contribution is -0.117. The first-order valence-corrected chi connectivity index (χ1v) is 11.3. The molecular weight excluding hydrogens is 396 g/mol. The Morgan fingerprint density at radius 3 is 2.83 bits per heavy atom. The van der Waals surface area contributed by atoms with Crippen LogP contribution >= 0.6 is 11.3 Å². The van der Waals surface area contributed by atoms with E-state index in [0.717, 1.165) is 75.7 Å². The number of carbonyl (C=O) groups excluding carboxylic acids is 1. The van der Waals surface area contributed by atoms with Crippen LogP contribution in [0.25, 0.3) is 0 Å². The minimum Gasteiger partial charge on any atom is -0.464 e. The van der Waals surface area contributed by atoms with E-state index in [1.807, 2.05) is 6.92 Å². The number of thiazole rings is 1. The molecule has 3 rings (SSSR count). The zero-order valence-corrected chi connectivity index (χ0v) is 18.1. The van der Waals surface area contributed by atoms with Gasteiger partial charge in [0, 0.05) is 30.9 Å². The van der Waals surface area contributed by atoms with Crippen molar-refractivity contribution < 1.29 is 18.3 Å². The highest BCUT2D eigenvalue weighted by Crippen LogP contribution is 2.32. The van der Waals surface area contributed by atoms with Crippen molar-refractivity contribution in [3.05, 3.63) is 22.7 Å². The lowest BCUT2D eigenvalue weighted by Crippen LogP contribution is -2.37. The Morgan fingerprint density at radius 1 is 1.38 bits per heavy atom. The van der Waals surface area contributed by atoms with Gasteiger partial charge in [-0.25, -0.2) is 13.8 Å². The third kappa shape index (κ3) is 7.03. The topological polar surface area (TPSA) is 54.5 Å². The van der Waals surface area contributed by atoms with Gasteiger partial charge in [0.25, 0.3) is 11.1 Å². The van der Waals surface area contributed by atoms with Crippen molar-refractivity contribution in [3.8, 4) is 5.19 Å². The summed E-state index contributed by atoms with van der Waals surface area (Å²) < 4.78 is 31.1. The molecule has 0 saturated heterocycles. The molecule has 29 heavy (non-hydrogen) atoms. The molecule has 0 atom stereocenters. The van der Waals surface area contributed by atoms with Crippen LogP contribution in [0.4, 0.5) is 8.78 Å². The van der Waals surface area contributed by atoms with E-state index in [1.165, 1.54) is 11.3 Å². The second-order valence-corrected chi connectivity index (χ2v) is 9.30. The van der Waals surface area contributed by atoms with E-state index < -0.39 is 12.5 Å². The van der Waals surface area contributed by atoms with Crippen molar-refractivity contribution >= 4 is 17.2 Å². The van der Waals surface area contributed by atoms with Crippen molar-refractivity contribution in [1.29, 1.82) is 0 Å². The number of nitrogens with one attached hydrogen (secondary N) is 1. The molecule has 1 aromatic heterocycles. The second-order valence-electron chi connectivity index (χ2n) is 8.25. The van der Waals surface area contributed by atoms with Crippen molar-refractivity contribution in [2.45, 2.75) is 70.9 Å². The minimum absolute atomic E-state index is 0.00865. The van der Waals surface area contributed by atoms with E-state index in [1.54, 1.807) is 12.2 Å². The Balaban J connectivity index is 1.39. The molecule has 0 aromatic carbocycles. The molecule has 0 radical (unpaired) electrons. The molecule has 1 saturated carbocycles. The Labute approximate surface area is 175 Å². The first kappa shape index (κ1) is 22.2. The highest BCUT2D eigenvalue weighted by Gasteiger charge is 2.26. The zero-order chi connectivity index (χ0) is 20.9. The van der Waals surface area contributed by atoms with Crippen LogP contribution in [0.1, 0.15) is 56.5 Å². The van der Waals surface area contributed by atoms with E-state index >= 15 is 0 Å². The molecule has 1 aliphatic heterocycles. The number of allylic oxidation sites excluding steroid dienone is 1. The summed E-state index contributed by atoms with van der Waals surface area (Å²) in [5.74, 6) is -2.13. The molecule has 2 heterocycles. The van der Waals surface area contributed by atoms with Gasteiger partial charge in [0.05, 0.1) is 5.69 Å². The van der Waals surface area contributed by atoms with Gasteiger partial charge in [-0.1, -0.05) is 17.4 Å². The Morgan fingerprint density at radius 2 is 2.14 bits per heavy atom.